The van der Waals surface area contributed by atoms with E-state index in [1.807, 2.05) is 26.2 Å². The van der Waals surface area contributed by atoms with E-state index in [0.29, 0.717) is 6.54 Å². The second-order valence-corrected chi connectivity index (χ2v) is 4.32. The third kappa shape index (κ3) is 1.44. The van der Waals surface area contributed by atoms with Crippen molar-refractivity contribution in [1.29, 1.82) is 0 Å². The number of rotatable bonds is 2. The quantitative estimate of drug-likeness (QED) is 0.746. The number of hydrogen-bond acceptors (Lipinski definition) is 3. The lowest BCUT2D eigenvalue weighted by atomic mass is 10.1. The van der Waals surface area contributed by atoms with Crippen molar-refractivity contribution in [3.63, 3.8) is 0 Å². The fourth-order valence-corrected chi connectivity index (χ4v) is 2.07. The summed E-state index contributed by atoms with van der Waals surface area (Å²) in [6, 6.07) is 0. The summed E-state index contributed by atoms with van der Waals surface area (Å²) in [7, 11) is 0. The second kappa shape index (κ2) is 3.03. The first-order valence-electron chi connectivity index (χ1n) is 3.87. The van der Waals surface area contributed by atoms with Crippen molar-refractivity contribution in [2.24, 2.45) is 5.73 Å². The van der Waals surface area contributed by atoms with Gasteiger partial charge < -0.3 is 5.73 Å². The summed E-state index contributed by atoms with van der Waals surface area (Å²) < 4.78 is 1.75. The molecule has 12 heavy (non-hydrogen) atoms. The van der Waals surface area contributed by atoms with Crippen LogP contribution in [0.5, 0.6) is 0 Å². The van der Waals surface area contributed by atoms with Gasteiger partial charge in [-0.2, -0.15) is 0 Å². The van der Waals surface area contributed by atoms with E-state index < -0.39 is 0 Å². The van der Waals surface area contributed by atoms with Crippen LogP contribution in [0.3, 0.4) is 0 Å². The van der Waals surface area contributed by atoms with Crippen molar-refractivity contribution in [1.82, 2.24) is 4.57 Å². The molecule has 0 aromatic carbocycles. The molecule has 0 fully saturated rings. The van der Waals surface area contributed by atoms with Gasteiger partial charge in [-0.25, -0.2) is 0 Å². The molecule has 0 aliphatic heterocycles. The van der Waals surface area contributed by atoms with Crippen LogP contribution in [-0.2, 0) is 5.54 Å². The van der Waals surface area contributed by atoms with Crippen LogP contribution in [0.4, 0.5) is 0 Å². The van der Waals surface area contributed by atoms with Crippen LogP contribution in [0.25, 0.3) is 0 Å². The Kier molecular flexibility index (Phi) is 2.39. The molecule has 0 radical (unpaired) electrons. The highest BCUT2D eigenvalue weighted by Gasteiger charge is 2.21. The van der Waals surface area contributed by atoms with Crippen molar-refractivity contribution in [3.05, 3.63) is 20.7 Å². The molecule has 0 saturated carbocycles. The van der Waals surface area contributed by atoms with Crippen molar-refractivity contribution >= 4 is 11.3 Å². The average Bonchev–Trinajstić information content (AvgIpc) is 2.31. The number of hydrogen-bond donors (Lipinski definition) is 1. The van der Waals surface area contributed by atoms with Crippen molar-refractivity contribution in [2.45, 2.75) is 26.3 Å². The van der Waals surface area contributed by atoms with E-state index in [0.717, 1.165) is 5.69 Å². The maximum absolute atomic E-state index is 11.4. The molecule has 0 bridgehead atoms. The van der Waals surface area contributed by atoms with E-state index in [1.54, 1.807) is 4.57 Å². The van der Waals surface area contributed by atoms with Crippen LogP contribution in [0.1, 0.15) is 19.5 Å². The van der Waals surface area contributed by atoms with Crippen LogP contribution in [0.2, 0.25) is 0 Å². The monoisotopic (exact) mass is 186 g/mol. The standard InChI is InChI=1S/C8H14N2OS/c1-6-4-12-7(11)10(6)8(2,3)5-9/h4H,5,9H2,1-3H3. The Morgan fingerprint density at radius 3 is 2.58 bits per heavy atom. The summed E-state index contributed by atoms with van der Waals surface area (Å²) in [6.45, 7) is 6.34. The zero-order chi connectivity index (χ0) is 9.35. The van der Waals surface area contributed by atoms with Gasteiger partial charge in [0, 0.05) is 17.6 Å². The van der Waals surface area contributed by atoms with Crippen molar-refractivity contribution in [3.8, 4) is 0 Å². The predicted molar refractivity (Wildman–Crippen MR) is 51.7 cm³/mol. The van der Waals surface area contributed by atoms with E-state index in [1.165, 1.54) is 11.3 Å². The highest BCUT2D eigenvalue weighted by Crippen LogP contribution is 2.14. The van der Waals surface area contributed by atoms with Gasteiger partial charge >= 0.3 is 4.87 Å². The molecule has 0 aliphatic carbocycles. The van der Waals surface area contributed by atoms with Crippen LogP contribution in [0, 0.1) is 6.92 Å². The minimum atomic E-state index is -0.263. The molecule has 2 N–H and O–H groups in total. The largest absolute Gasteiger partial charge is 0.328 e. The Bertz CT molecular complexity index is 324. The van der Waals surface area contributed by atoms with E-state index >= 15 is 0 Å². The summed E-state index contributed by atoms with van der Waals surface area (Å²) >= 11 is 1.23. The summed E-state index contributed by atoms with van der Waals surface area (Å²) in [5, 5.41) is 1.86. The number of aryl methyl sites for hydroxylation is 1. The fourth-order valence-electron chi connectivity index (χ4n) is 1.20. The number of aromatic nitrogens is 1. The van der Waals surface area contributed by atoms with E-state index in [-0.39, 0.29) is 10.4 Å². The zero-order valence-corrected chi connectivity index (χ0v) is 8.44. The van der Waals surface area contributed by atoms with Gasteiger partial charge in [0.15, 0.2) is 0 Å². The summed E-state index contributed by atoms with van der Waals surface area (Å²) in [5.41, 5.74) is 6.30. The van der Waals surface area contributed by atoms with Gasteiger partial charge in [0.25, 0.3) is 0 Å². The molecule has 0 unspecified atom stereocenters. The first-order chi connectivity index (χ1) is 5.49. The predicted octanol–water partition coefficient (Wildman–Crippen LogP) is 0.912. The minimum Gasteiger partial charge on any atom is -0.328 e. The Labute approximate surface area is 75.8 Å². The highest BCUT2D eigenvalue weighted by atomic mass is 32.1. The van der Waals surface area contributed by atoms with E-state index in [9.17, 15) is 4.79 Å². The van der Waals surface area contributed by atoms with Crippen LogP contribution in [-0.4, -0.2) is 11.1 Å². The molecule has 68 valence electrons. The highest BCUT2D eigenvalue weighted by molar-refractivity contribution is 7.07. The third-order valence-corrected chi connectivity index (χ3v) is 2.81. The topological polar surface area (TPSA) is 48.0 Å². The van der Waals surface area contributed by atoms with Gasteiger partial charge in [-0.05, 0) is 20.8 Å². The van der Waals surface area contributed by atoms with E-state index in [4.69, 9.17) is 5.73 Å². The Hall–Kier alpha value is -0.610. The fraction of sp³-hybridized carbons (Fsp3) is 0.625. The lowest BCUT2D eigenvalue weighted by Gasteiger charge is -2.25. The average molecular weight is 186 g/mol. The molecule has 1 rings (SSSR count). The Balaban J connectivity index is 3.26. The molecule has 0 saturated heterocycles. The van der Waals surface area contributed by atoms with Gasteiger partial charge in [-0.3, -0.25) is 9.36 Å². The molecular formula is C8H14N2OS. The van der Waals surface area contributed by atoms with Gasteiger partial charge in [0.05, 0.1) is 5.54 Å². The summed E-state index contributed by atoms with van der Waals surface area (Å²) in [4.78, 5) is 11.4. The van der Waals surface area contributed by atoms with Gasteiger partial charge in [-0.1, -0.05) is 11.3 Å². The second-order valence-electron chi connectivity index (χ2n) is 3.49. The van der Waals surface area contributed by atoms with E-state index in [2.05, 4.69) is 0 Å². The van der Waals surface area contributed by atoms with Crippen molar-refractivity contribution < 1.29 is 0 Å². The minimum absolute atomic E-state index is 0.0722. The molecular weight excluding hydrogens is 172 g/mol. The number of thiazole rings is 1. The molecule has 0 atom stereocenters. The van der Waals surface area contributed by atoms with Crippen molar-refractivity contribution in [2.75, 3.05) is 6.54 Å². The zero-order valence-electron chi connectivity index (χ0n) is 7.63. The molecule has 4 heteroatoms. The number of nitrogens with two attached hydrogens (primary N) is 1. The maximum atomic E-state index is 11.4. The Morgan fingerprint density at radius 1 is 1.67 bits per heavy atom. The SMILES string of the molecule is Cc1csc(=O)n1C(C)(C)CN. The first kappa shape index (κ1) is 9.48. The lowest BCUT2D eigenvalue weighted by molar-refractivity contribution is 0.354. The smallest absolute Gasteiger partial charge is 0.307 e. The van der Waals surface area contributed by atoms with Crippen LogP contribution >= 0.6 is 11.3 Å². The molecule has 1 aromatic rings. The molecule has 3 nitrogen and oxygen atoms in total. The van der Waals surface area contributed by atoms with Crippen LogP contribution < -0.4 is 10.6 Å². The number of nitrogens with zero attached hydrogens (tertiary/aromatic N) is 1. The summed E-state index contributed by atoms with van der Waals surface area (Å²) in [5.74, 6) is 0. The Morgan fingerprint density at radius 2 is 2.25 bits per heavy atom. The van der Waals surface area contributed by atoms with Gasteiger partial charge in [-0.15, -0.1) is 0 Å². The molecule has 1 aromatic heterocycles. The maximum Gasteiger partial charge on any atom is 0.307 e. The third-order valence-electron chi connectivity index (χ3n) is 1.97. The normalized spacial score (nSPS) is 12.0. The van der Waals surface area contributed by atoms with Gasteiger partial charge in [0.2, 0.25) is 0 Å². The van der Waals surface area contributed by atoms with Crippen LogP contribution in [0.15, 0.2) is 10.2 Å². The molecule has 0 spiro atoms. The molecule has 0 amide bonds. The van der Waals surface area contributed by atoms with Gasteiger partial charge in [0.1, 0.15) is 0 Å². The first-order valence-corrected chi connectivity index (χ1v) is 4.74. The summed E-state index contributed by atoms with van der Waals surface area (Å²) in [6.07, 6.45) is 0. The molecule has 1 heterocycles. The molecule has 0 aliphatic rings. The lowest BCUT2D eigenvalue weighted by Crippen LogP contribution is -2.40.